The molecule has 0 unspecified atom stereocenters. The van der Waals surface area contributed by atoms with Crippen molar-refractivity contribution < 1.29 is 4.79 Å². The van der Waals surface area contributed by atoms with Gasteiger partial charge in [-0.15, -0.1) is 11.3 Å². The smallest absolute Gasteiger partial charge is 0.243 e. The first kappa shape index (κ1) is 13.1. The fourth-order valence-corrected chi connectivity index (χ4v) is 2.21. The summed E-state index contributed by atoms with van der Waals surface area (Å²) in [6.45, 7) is 7.91. The lowest BCUT2D eigenvalue weighted by atomic mass is 10.1. The SMILES string of the molecule is CCc1nc(NC(=O)[C@@H](N)C(C)C)sc1C. The van der Waals surface area contributed by atoms with Crippen LogP contribution in [-0.2, 0) is 11.2 Å². The maximum Gasteiger partial charge on any atom is 0.243 e. The molecule has 1 rings (SSSR count). The maximum absolute atomic E-state index is 11.7. The number of nitrogens with one attached hydrogen (secondary N) is 1. The molecule has 4 nitrogen and oxygen atoms in total. The van der Waals surface area contributed by atoms with Crippen LogP contribution >= 0.6 is 11.3 Å². The van der Waals surface area contributed by atoms with Gasteiger partial charge in [-0.05, 0) is 19.3 Å². The van der Waals surface area contributed by atoms with Crippen LogP contribution in [-0.4, -0.2) is 16.9 Å². The van der Waals surface area contributed by atoms with Crippen molar-refractivity contribution >= 4 is 22.4 Å². The van der Waals surface area contributed by atoms with Gasteiger partial charge < -0.3 is 11.1 Å². The molecule has 1 amide bonds. The summed E-state index contributed by atoms with van der Waals surface area (Å²) in [5.74, 6) is -0.0295. The normalized spacial score (nSPS) is 12.9. The van der Waals surface area contributed by atoms with Gasteiger partial charge in [-0.1, -0.05) is 20.8 Å². The largest absolute Gasteiger partial charge is 0.320 e. The summed E-state index contributed by atoms with van der Waals surface area (Å²) in [4.78, 5) is 17.2. The number of hydrogen-bond acceptors (Lipinski definition) is 4. The highest BCUT2D eigenvalue weighted by Crippen LogP contribution is 2.22. The number of aromatic nitrogens is 1. The molecule has 1 atom stereocenters. The highest BCUT2D eigenvalue weighted by Gasteiger charge is 2.18. The van der Waals surface area contributed by atoms with Crippen molar-refractivity contribution in [1.29, 1.82) is 0 Å². The van der Waals surface area contributed by atoms with Crippen molar-refractivity contribution in [1.82, 2.24) is 4.98 Å². The first-order valence-corrected chi connectivity index (χ1v) is 6.30. The Morgan fingerprint density at radius 3 is 2.62 bits per heavy atom. The predicted octanol–water partition coefficient (Wildman–Crippen LogP) is 1.94. The van der Waals surface area contributed by atoms with Crippen LogP contribution in [0.15, 0.2) is 0 Å². The van der Waals surface area contributed by atoms with Crippen LogP contribution in [0.25, 0.3) is 0 Å². The molecule has 5 heteroatoms. The summed E-state index contributed by atoms with van der Waals surface area (Å²) in [6.07, 6.45) is 0.883. The van der Waals surface area contributed by atoms with Gasteiger partial charge >= 0.3 is 0 Å². The second kappa shape index (κ2) is 5.41. The quantitative estimate of drug-likeness (QED) is 0.846. The summed E-state index contributed by atoms with van der Waals surface area (Å²) in [7, 11) is 0. The first-order valence-electron chi connectivity index (χ1n) is 5.48. The van der Waals surface area contributed by atoms with Crippen molar-refractivity contribution in [2.75, 3.05) is 5.32 Å². The highest BCUT2D eigenvalue weighted by molar-refractivity contribution is 7.15. The average Bonchev–Trinajstić information content (AvgIpc) is 2.57. The monoisotopic (exact) mass is 241 g/mol. The van der Waals surface area contributed by atoms with Gasteiger partial charge in [0.15, 0.2) is 5.13 Å². The molecule has 0 fully saturated rings. The zero-order valence-electron chi connectivity index (χ0n) is 10.2. The summed E-state index contributed by atoms with van der Waals surface area (Å²) in [6, 6.07) is -0.478. The van der Waals surface area contributed by atoms with Gasteiger partial charge in [0.2, 0.25) is 5.91 Å². The number of anilines is 1. The van der Waals surface area contributed by atoms with E-state index in [2.05, 4.69) is 10.3 Å². The third-order valence-corrected chi connectivity index (χ3v) is 3.41. The summed E-state index contributed by atoms with van der Waals surface area (Å²) >= 11 is 1.50. The first-order chi connectivity index (χ1) is 7.45. The molecular formula is C11H19N3OS. The van der Waals surface area contributed by atoms with Crippen LogP contribution in [0, 0.1) is 12.8 Å². The summed E-state index contributed by atoms with van der Waals surface area (Å²) in [5.41, 5.74) is 6.79. The Kier molecular flexibility index (Phi) is 4.44. The fourth-order valence-electron chi connectivity index (χ4n) is 1.30. The molecule has 0 aliphatic heterocycles. The van der Waals surface area contributed by atoms with Gasteiger partial charge in [-0.3, -0.25) is 4.79 Å². The van der Waals surface area contributed by atoms with E-state index in [1.807, 2.05) is 27.7 Å². The molecule has 1 aromatic heterocycles. The minimum absolute atomic E-state index is 0.131. The number of amides is 1. The lowest BCUT2D eigenvalue weighted by molar-refractivity contribution is -0.118. The zero-order valence-corrected chi connectivity index (χ0v) is 11.0. The van der Waals surface area contributed by atoms with Crippen molar-refractivity contribution in [3.05, 3.63) is 10.6 Å². The van der Waals surface area contributed by atoms with E-state index in [4.69, 9.17) is 5.73 Å². The number of nitrogens with zero attached hydrogens (tertiary/aromatic N) is 1. The second-order valence-electron chi connectivity index (χ2n) is 4.13. The van der Waals surface area contributed by atoms with Crippen molar-refractivity contribution in [2.24, 2.45) is 11.7 Å². The van der Waals surface area contributed by atoms with Gasteiger partial charge in [-0.2, -0.15) is 0 Å². The van der Waals surface area contributed by atoms with Gasteiger partial charge in [0, 0.05) is 4.88 Å². The molecule has 0 saturated carbocycles. The summed E-state index contributed by atoms with van der Waals surface area (Å²) in [5, 5.41) is 3.41. The molecule has 0 saturated heterocycles. The Hall–Kier alpha value is -0.940. The van der Waals surface area contributed by atoms with Crippen LogP contribution < -0.4 is 11.1 Å². The van der Waals surface area contributed by atoms with E-state index < -0.39 is 6.04 Å². The fraction of sp³-hybridized carbons (Fsp3) is 0.636. The van der Waals surface area contributed by atoms with Crippen molar-refractivity contribution in [3.63, 3.8) is 0 Å². The van der Waals surface area contributed by atoms with Crippen LogP contribution in [0.3, 0.4) is 0 Å². The van der Waals surface area contributed by atoms with E-state index in [1.54, 1.807) is 0 Å². The molecule has 0 spiro atoms. The number of nitrogens with two attached hydrogens (primary N) is 1. The van der Waals surface area contributed by atoms with E-state index in [9.17, 15) is 4.79 Å². The highest BCUT2D eigenvalue weighted by atomic mass is 32.1. The average molecular weight is 241 g/mol. The van der Waals surface area contributed by atoms with Crippen LogP contribution in [0.4, 0.5) is 5.13 Å². The van der Waals surface area contributed by atoms with E-state index in [0.29, 0.717) is 5.13 Å². The minimum Gasteiger partial charge on any atom is -0.320 e. The molecule has 0 aliphatic rings. The second-order valence-corrected chi connectivity index (χ2v) is 5.34. The minimum atomic E-state index is -0.478. The predicted molar refractivity (Wildman–Crippen MR) is 67.7 cm³/mol. The molecule has 1 aromatic rings. The Balaban J connectivity index is 2.70. The molecular weight excluding hydrogens is 222 g/mol. The molecule has 0 aromatic carbocycles. The Morgan fingerprint density at radius 2 is 2.19 bits per heavy atom. The van der Waals surface area contributed by atoms with Crippen molar-refractivity contribution in [3.8, 4) is 0 Å². The lowest BCUT2D eigenvalue weighted by Crippen LogP contribution is -2.39. The van der Waals surface area contributed by atoms with Gasteiger partial charge in [0.1, 0.15) is 0 Å². The van der Waals surface area contributed by atoms with Crippen LogP contribution in [0.5, 0.6) is 0 Å². The molecule has 3 N–H and O–H groups in total. The Labute approximate surface area is 100 Å². The van der Waals surface area contributed by atoms with Crippen molar-refractivity contribution in [2.45, 2.75) is 40.2 Å². The molecule has 0 bridgehead atoms. The number of carbonyl (C=O) groups excluding carboxylic acids is 1. The number of hydrogen-bond donors (Lipinski definition) is 2. The van der Waals surface area contributed by atoms with Gasteiger partial charge in [-0.25, -0.2) is 4.98 Å². The third-order valence-electron chi connectivity index (χ3n) is 2.48. The molecule has 0 aliphatic carbocycles. The molecule has 16 heavy (non-hydrogen) atoms. The molecule has 0 radical (unpaired) electrons. The standard InChI is InChI=1S/C11H19N3OS/c1-5-8-7(4)16-11(13-8)14-10(15)9(12)6(2)3/h6,9H,5,12H2,1-4H3,(H,13,14,15)/t9-/m0/s1. The Morgan fingerprint density at radius 1 is 1.56 bits per heavy atom. The number of carbonyl (C=O) groups is 1. The van der Waals surface area contributed by atoms with E-state index >= 15 is 0 Å². The third kappa shape index (κ3) is 3.02. The van der Waals surface area contributed by atoms with Crippen LogP contribution in [0.1, 0.15) is 31.3 Å². The van der Waals surface area contributed by atoms with Gasteiger partial charge in [0.05, 0.1) is 11.7 Å². The Bertz CT molecular complexity index is 373. The van der Waals surface area contributed by atoms with E-state index in [0.717, 1.165) is 17.0 Å². The maximum atomic E-state index is 11.7. The lowest BCUT2D eigenvalue weighted by Gasteiger charge is -2.13. The van der Waals surface area contributed by atoms with E-state index in [-0.39, 0.29) is 11.8 Å². The number of rotatable bonds is 4. The summed E-state index contributed by atoms with van der Waals surface area (Å²) < 4.78 is 0. The van der Waals surface area contributed by atoms with E-state index in [1.165, 1.54) is 11.3 Å². The number of aryl methyl sites for hydroxylation is 2. The topological polar surface area (TPSA) is 68.0 Å². The molecule has 1 heterocycles. The number of thiazole rings is 1. The van der Waals surface area contributed by atoms with Crippen LogP contribution in [0.2, 0.25) is 0 Å². The zero-order chi connectivity index (χ0) is 12.3. The van der Waals surface area contributed by atoms with Gasteiger partial charge in [0.25, 0.3) is 0 Å². The molecule has 90 valence electrons.